The van der Waals surface area contributed by atoms with Crippen molar-refractivity contribution in [2.24, 2.45) is 0 Å². The Balaban J connectivity index is 1.80. The van der Waals surface area contributed by atoms with Gasteiger partial charge in [0, 0.05) is 23.7 Å². The van der Waals surface area contributed by atoms with Gasteiger partial charge in [0.05, 0.1) is 12.2 Å². The van der Waals surface area contributed by atoms with Gasteiger partial charge < -0.3 is 5.32 Å². The standard InChI is InChI=1S/C15H15N5O/c1-10-7-11(2)20-14(18-10)8-13(19-20)15(21)17-9-12-5-3-4-6-16-12/h3-8H,9H2,1-2H3,(H,17,21). The number of hydrogen-bond donors (Lipinski definition) is 1. The van der Waals surface area contributed by atoms with Gasteiger partial charge in [0.15, 0.2) is 11.3 Å². The van der Waals surface area contributed by atoms with E-state index in [2.05, 4.69) is 20.4 Å². The molecular formula is C15H15N5O. The molecule has 0 aliphatic rings. The highest BCUT2D eigenvalue weighted by Gasteiger charge is 2.12. The number of carbonyl (C=O) groups excluding carboxylic acids is 1. The Morgan fingerprint density at radius 3 is 2.90 bits per heavy atom. The Morgan fingerprint density at radius 1 is 1.29 bits per heavy atom. The van der Waals surface area contributed by atoms with Gasteiger partial charge >= 0.3 is 0 Å². The Bertz CT molecular complexity index is 794. The molecule has 1 N–H and O–H groups in total. The van der Waals surface area contributed by atoms with Crippen LogP contribution in [0.15, 0.2) is 36.5 Å². The number of hydrogen-bond acceptors (Lipinski definition) is 4. The van der Waals surface area contributed by atoms with Crippen LogP contribution in [-0.2, 0) is 6.54 Å². The van der Waals surface area contributed by atoms with Gasteiger partial charge in [-0.3, -0.25) is 9.78 Å². The summed E-state index contributed by atoms with van der Waals surface area (Å²) in [6.45, 7) is 4.23. The van der Waals surface area contributed by atoms with Crippen molar-refractivity contribution >= 4 is 11.6 Å². The molecule has 106 valence electrons. The van der Waals surface area contributed by atoms with E-state index in [4.69, 9.17) is 0 Å². The van der Waals surface area contributed by atoms with Gasteiger partial charge in [-0.15, -0.1) is 0 Å². The third kappa shape index (κ3) is 2.74. The predicted molar refractivity (Wildman–Crippen MR) is 77.9 cm³/mol. The molecule has 0 spiro atoms. The minimum absolute atomic E-state index is 0.233. The van der Waals surface area contributed by atoms with Crippen LogP contribution in [0.4, 0.5) is 0 Å². The number of carbonyl (C=O) groups is 1. The average Bonchev–Trinajstić information content (AvgIpc) is 2.90. The molecule has 0 atom stereocenters. The topological polar surface area (TPSA) is 72.2 Å². The lowest BCUT2D eigenvalue weighted by Gasteiger charge is -2.01. The first-order valence-electron chi connectivity index (χ1n) is 6.65. The fourth-order valence-electron chi connectivity index (χ4n) is 2.16. The molecule has 0 aromatic carbocycles. The van der Waals surface area contributed by atoms with E-state index in [1.807, 2.05) is 38.1 Å². The fourth-order valence-corrected chi connectivity index (χ4v) is 2.16. The van der Waals surface area contributed by atoms with E-state index in [9.17, 15) is 4.79 Å². The fraction of sp³-hybridized carbons (Fsp3) is 0.200. The molecule has 0 radical (unpaired) electrons. The van der Waals surface area contributed by atoms with Gasteiger partial charge in [-0.05, 0) is 32.0 Å². The molecule has 0 bridgehead atoms. The highest BCUT2D eigenvalue weighted by atomic mass is 16.1. The van der Waals surface area contributed by atoms with Crippen molar-refractivity contribution in [1.82, 2.24) is 24.9 Å². The minimum Gasteiger partial charge on any atom is -0.345 e. The van der Waals surface area contributed by atoms with E-state index in [1.165, 1.54) is 0 Å². The second-order valence-electron chi connectivity index (χ2n) is 4.84. The molecule has 3 aromatic heterocycles. The maximum Gasteiger partial charge on any atom is 0.272 e. The molecule has 0 aliphatic carbocycles. The number of aromatic nitrogens is 4. The highest BCUT2D eigenvalue weighted by Crippen LogP contribution is 2.09. The first-order valence-corrected chi connectivity index (χ1v) is 6.65. The summed E-state index contributed by atoms with van der Waals surface area (Å²) >= 11 is 0. The summed E-state index contributed by atoms with van der Waals surface area (Å²) in [6, 6.07) is 9.20. The lowest BCUT2D eigenvalue weighted by Crippen LogP contribution is -2.23. The van der Waals surface area contributed by atoms with E-state index in [0.717, 1.165) is 17.1 Å². The van der Waals surface area contributed by atoms with Crippen molar-refractivity contribution < 1.29 is 4.79 Å². The van der Waals surface area contributed by atoms with Gasteiger partial charge in [-0.25, -0.2) is 9.50 Å². The monoisotopic (exact) mass is 281 g/mol. The predicted octanol–water partition coefficient (Wildman–Crippen LogP) is 1.67. The van der Waals surface area contributed by atoms with Crippen molar-refractivity contribution in [3.05, 3.63) is 59.3 Å². The number of nitrogens with one attached hydrogen (secondary N) is 1. The summed E-state index contributed by atoms with van der Waals surface area (Å²) in [7, 11) is 0. The van der Waals surface area contributed by atoms with Crippen LogP contribution in [-0.4, -0.2) is 25.5 Å². The van der Waals surface area contributed by atoms with Crippen LogP contribution in [0.5, 0.6) is 0 Å². The minimum atomic E-state index is -0.233. The van der Waals surface area contributed by atoms with Crippen LogP contribution in [0.3, 0.4) is 0 Å². The zero-order valence-corrected chi connectivity index (χ0v) is 11.9. The van der Waals surface area contributed by atoms with Crippen molar-refractivity contribution in [2.45, 2.75) is 20.4 Å². The normalized spacial score (nSPS) is 10.8. The van der Waals surface area contributed by atoms with Crippen molar-refractivity contribution in [1.29, 1.82) is 0 Å². The van der Waals surface area contributed by atoms with E-state index in [-0.39, 0.29) is 5.91 Å². The van der Waals surface area contributed by atoms with Crippen molar-refractivity contribution in [3.63, 3.8) is 0 Å². The van der Waals surface area contributed by atoms with Crippen LogP contribution in [0.25, 0.3) is 5.65 Å². The van der Waals surface area contributed by atoms with Crippen LogP contribution < -0.4 is 5.32 Å². The SMILES string of the molecule is Cc1cc(C)n2nc(C(=O)NCc3ccccn3)cc2n1. The van der Waals surface area contributed by atoms with Crippen LogP contribution in [0.1, 0.15) is 27.6 Å². The second-order valence-corrected chi connectivity index (χ2v) is 4.84. The van der Waals surface area contributed by atoms with Crippen LogP contribution in [0, 0.1) is 13.8 Å². The number of amides is 1. The van der Waals surface area contributed by atoms with E-state index >= 15 is 0 Å². The molecule has 3 heterocycles. The third-order valence-electron chi connectivity index (χ3n) is 3.12. The number of nitrogens with zero attached hydrogens (tertiary/aromatic N) is 4. The highest BCUT2D eigenvalue weighted by molar-refractivity contribution is 5.93. The average molecular weight is 281 g/mol. The second kappa shape index (κ2) is 5.32. The number of pyridine rings is 1. The molecule has 6 nitrogen and oxygen atoms in total. The Hall–Kier alpha value is -2.76. The summed E-state index contributed by atoms with van der Waals surface area (Å²) in [5.41, 5.74) is 3.68. The van der Waals surface area contributed by atoms with Crippen LogP contribution >= 0.6 is 0 Å². The van der Waals surface area contributed by atoms with Gasteiger partial charge in [-0.2, -0.15) is 5.10 Å². The zero-order valence-electron chi connectivity index (χ0n) is 11.9. The molecule has 3 rings (SSSR count). The summed E-state index contributed by atoms with van der Waals surface area (Å²) in [4.78, 5) is 20.7. The van der Waals surface area contributed by atoms with Gasteiger partial charge in [-0.1, -0.05) is 6.07 Å². The summed E-state index contributed by atoms with van der Waals surface area (Å²) in [5, 5.41) is 7.09. The molecule has 0 saturated carbocycles. The number of aryl methyl sites for hydroxylation is 2. The van der Waals surface area contributed by atoms with Gasteiger partial charge in [0.25, 0.3) is 5.91 Å². The summed E-state index contributed by atoms with van der Waals surface area (Å²) in [5.74, 6) is -0.233. The maximum absolute atomic E-state index is 12.1. The molecule has 0 saturated heterocycles. The van der Waals surface area contributed by atoms with E-state index in [0.29, 0.717) is 17.9 Å². The van der Waals surface area contributed by atoms with Gasteiger partial charge in [0.1, 0.15) is 0 Å². The van der Waals surface area contributed by atoms with Gasteiger partial charge in [0.2, 0.25) is 0 Å². The molecule has 3 aromatic rings. The quantitative estimate of drug-likeness (QED) is 0.792. The van der Waals surface area contributed by atoms with E-state index < -0.39 is 0 Å². The Labute approximate surface area is 121 Å². The first kappa shape index (κ1) is 13.2. The largest absolute Gasteiger partial charge is 0.345 e. The van der Waals surface area contributed by atoms with Crippen molar-refractivity contribution in [3.8, 4) is 0 Å². The molecular weight excluding hydrogens is 266 g/mol. The Morgan fingerprint density at radius 2 is 2.14 bits per heavy atom. The molecule has 0 aliphatic heterocycles. The first-order chi connectivity index (χ1) is 10.1. The smallest absolute Gasteiger partial charge is 0.272 e. The molecule has 21 heavy (non-hydrogen) atoms. The molecule has 1 amide bonds. The lowest BCUT2D eigenvalue weighted by atomic mass is 10.3. The summed E-state index contributed by atoms with van der Waals surface area (Å²) < 4.78 is 1.67. The zero-order chi connectivity index (χ0) is 14.8. The molecule has 0 fully saturated rings. The lowest BCUT2D eigenvalue weighted by molar-refractivity contribution is 0.0945. The maximum atomic E-state index is 12.1. The Kier molecular flexibility index (Phi) is 3.35. The molecule has 0 unspecified atom stereocenters. The third-order valence-corrected chi connectivity index (χ3v) is 3.12. The molecule has 6 heteroatoms. The summed E-state index contributed by atoms with van der Waals surface area (Å²) in [6.07, 6.45) is 1.70. The number of fused-ring (bicyclic) bond motifs is 1. The van der Waals surface area contributed by atoms with Crippen LogP contribution in [0.2, 0.25) is 0 Å². The van der Waals surface area contributed by atoms with Crippen molar-refractivity contribution in [2.75, 3.05) is 0 Å². The van der Waals surface area contributed by atoms with E-state index in [1.54, 1.807) is 16.8 Å². The number of rotatable bonds is 3.